The first kappa shape index (κ1) is 17.7. The van der Waals surface area contributed by atoms with Gasteiger partial charge in [0, 0.05) is 23.8 Å². The van der Waals surface area contributed by atoms with E-state index in [1.54, 1.807) is 7.11 Å². The van der Waals surface area contributed by atoms with Crippen LogP contribution in [0.2, 0.25) is 0 Å². The Balaban J connectivity index is 2.13. The number of hydrogen-bond acceptors (Lipinski definition) is 3. The van der Waals surface area contributed by atoms with Crippen LogP contribution in [0.5, 0.6) is 0 Å². The van der Waals surface area contributed by atoms with Crippen LogP contribution in [0.3, 0.4) is 0 Å². The van der Waals surface area contributed by atoms with Gasteiger partial charge in [0.1, 0.15) is 0 Å². The van der Waals surface area contributed by atoms with Crippen molar-refractivity contribution in [1.29, 1.82) is 0 Å². The van der Waals surface area contributed by atoms with Crippen LogP contribution in [0, 0.1) is 6.92 Å². The molecule has 1 atom stereocenters. The molecule has 1 heterocycles. The van der Waals surface area contributed by atoms with E-state index in [4.69, 9.17) is 9.57 Å². The summed E-state index contributed by atoms with van der Waals surface area (Å²) in [5.41, 5.74) is 4.55. The number of methoxy groups -OCH3 is 1. The SMILES string of the molecule is COCC1=C(c2ccc(C)cc2)ON(C(C)(C)C)C1c1ccccc1. The fourth-order valence-electron chi connectivity index (χ4n) is 3.21. The van der Waals surface area contributed by atoms with Gasteiger partial charge in [0.15, 0.2) is 5.76 Å². The molecule has 1 aliphatic heterocycles. The van der Waals surface area contributed by atoms with Crippen LogP contribution in [0.15, 0.2) is 60.2 Å². The minimum absolute atomic E-state index is 0.0393. The largest absolute Gasteiger partial charge is 0.404 e. The highest BCUT2D eigenvalue weighted by molar-refractivity contribution is 5.67. The summed E-state index contributed by atoms with van der Waals surface area (Å²) in [4.78, 5) is 6.42. The predicted molar refractivity (Wildman–Crippen MR) is 102 cm³/mol. The second kappa shape index (κ2) is 7.03. The molecule has 3 nitrogen and oxygen atoms in total. The summed E-state index contributed by atoms with van der Waals surface area (Å²) >= 11 is 0. The molecule has 1 aliphatic rings. The average Bonchev–Trinajstić information content (AvgIpc) is 2.96. The van der Waals surface area contributed by atoms with Gasteiger partial charge in [0.2, 0.25) is 0 Å². The highest BCUT2D eigenvalue weighted by atomic mass is 16.7. The molecule has 1 unspecified atom stereocenters. The molecule has 3 rings (SSSR count). The van der Waals surface area contributed by atoms with E-state index in [2.05, 4.69) is 81.3 Å². The Morgan fingerprint density at radius 1 is 1.00 bits per heavy atom. The molecule has 2 aromatic rings. The Kier molecular flexibility index (Phi) is 4.98. The number of hydrogen-bond donors (Lipinski definition) is 0. The van der Waals surface area contributed by atoms with E-state index in [1.165, 1.54) is 11.1 Å². The van der Waals surface area contributed by atoms with Crippen molar-refractivity contribution in [2.45, 2.75) is 39.3 Å². The van der Waals surface area contributed by atoms with E-state index < -0.39 is 0 Å². The summed E-state index contributed by atoms with van der Waals surface area (Å²) < 4.78 is 5.55. The second-order valence-corrected chi connectivity index (χ2v) is 7.55. The maximum Gasteiger partial charge on any atom is 0.158 e. The van der Waals surface area contributed by atoms with Crippen molar-refractivity contribution in [2.24, 2.45) is 0 Å². The molecule has 0 spiro atoms. The Bertz CT molecular complexity index is 742. The van der Waals surface area contributed by atoms with Crippen LogP contribution in [0.25, 0.3) is 5.76 Å². The first-order valence-electron chi connectivity index (χ1n) is 8.73. The lowest BCUT2D eigenvalue weighted by Gasteiger charge is -2.36. The summed E-state index contributed by atoms with van der Waals surface area (Å²) in [6.45, 7) is 9.15. The van der Waals surface area contributed by atoms with Gasteiger partial charge < -0.3 is 9.57 Å². The smallest absolute Gasteiger partial charge is 0.158 e. The molecule has 0 N–H and O–H groups in total. The van der Waals surface area contributed by atoms with Crippen molar-refractivity contribution in [1.82, 2.24) is 5.06 Å². The van der Waals surface area contributed by atoms with Crippen molar-refractivity contribution in [2.75, 3.05) is 13.7 Å². The molecule has 0 saturated carbocycles. The van der Waals surface area contributed by atoms with Crippen molar-refractivity contribution >= 4 is 5.76 Å². The highest BCUT2D eigenvalue weighted by Crippen LogP contribution is 2.45. The third-order valence-electron chi connectivity index (χ3n) is 4.44. The molecular weight excluding hydrogens is 310 g/mol. The number of nitrogens with zero attached hydrogens (tertiary/aromatic N) is 1. The molecule has 0 fully saturated rings. The number of rotatable bonds is 4. The molecule has 2 aromatic carbocycles. The lowest BCUT2D eigenvalue weighted by Crippen LogP contribution is -2.41. The lowest BCUT2D eigenvalue weighted by molar-refractivity contribution is -0.158. The Labute approximate surface area is 150 Å². The molecule has 0 amide bonds. The summed E-state index contributed by atoms with van der Waals surface area (Å²) in [6.07, 6.45) is 0. The first-order valence-corrected chi connectivity index (χ1v) is 8.73. The zero-order valence-corrected chi connectivity index (χ0v) is 15.7. The van der Waals surface area contributed by atoms with Gasteiger partial charge in [-0.25, -0.2) is 0 Å². The fraction of sp³-hybridized carbons (Fsp3) is 0.364. The maximum absolute atomic E-state index is 6.42. The monoisotopic (exact) mass is 337 g/mol. The van der Waals surface area contributed by atoms with Crippen molar-refractivity contribution in [3.05, 3.63) is 76.9 Å². The molecule has 3 heteroatoms. The van der Waals surface area contributed by atoms with Gasteiger partial charge in [-0.05, 0) is 33.3 Å². The fourth-order valence-corrected chi connectivity index (χ4v) is 3.21. The lowest BCUT2D eigenvalue weighted by atomic mass is 9.94. The minimum Gasteiger partial charge on any atom is -0.404 e. The summed E-state index contributed by atoms with van der Waals surface area (Å²) in [5, 5.41) is 2.09. The summed E-state index contributed by atoms with van der Waals surface area (Å²) in [6, 6.07) is 19.0. The van der Waals surface area contributed by atoms with Gasteiger partial charge in [-0.15, -0.1) is 5.06 Å². The van der Waals surface area contributed by atoms with E-state index in [1.807, 2.05) is 6.07 Å². The zero-order valence-electron chi connectivity index (χ0n) is 15.7. The Morgan fingerprint density at radius 3 is 2.20 bits per heavy atom. The van der Waals surface area contributed by atoms with Gasteiger partial charge >= 0.3 is 0 Å². The summed E-state index contributed by atoms with van der Waals surface area (Å²) in [5.74, 6) is 0.908. The first-order chi connectivity index (χ1) is 11.9. The van der Waals surface area contributed by atoms with E-state index in [0.29, 0.717) is 6.61 Å². The normalized spacial score (nSPS) is 18.5. The quantitative estimate of drug-likeness (QED) is 0.771. The number of aryl methyl sites for hydroxylation is 1. The van der Waals surface area contributed by atoms with E-state index in [9.17, 15) is 0 Å². The molecular formula is C22H27NO2. The van der Waals surface area contributed by atoms with Gasteiger partial charge in [0.25, 0.3) is 0 Å². The Morgan fingerprint density at radius 2 is 1.64 bits per heavy atom. The van der Waals surface area contributed by atoms with Gasteiger partial charge in [-0.3, -0.25) is 0 Å². The molecule has 0 aliphatic carbocycles. The Hall–Kier alpha value is -2.10. The van der Waals surface area contributed by atoms with Gasteiger partial charge in [-0.1, -0.05) is 60.2 Å². The minimum atomic E-state index is -0.147. The molecule has 25 heavy (non-hydrogen) atoms. The summed E-state index contributed by atoms with van der Waals surface area (Å²) in [7, 11) is 1.74. The number of hydroxylamine groups is 2. The van der Waals surface area contributed by atoms with E-state index in [-0.39, 0.29) is 11.6 Å². The van der Waals surface area contributed by atoms with Crippen LogP contribution in [-0.2, 0) is 9.57 Å². The third-order valence-corrected chi connectivity index (χ3v) is 4.44. The van der Waals surface area contributed by atoms with Crippen molar-refractivity contribution in [3.8, 4) is 0 Å². The second-order valence-electron chi connectivity index (χ2n) is 7.55. The van der Waals surface area contributed by atoms with Gasteiger partial charge in [0.05, 0.1) is 12.6 Å². The molecule has 132 valence electrons. The molecule has 0 radical (unpaired) electrons. The highest BCUT2D eigenvalue weighted by Gasteiger charge is 2.42. The van der Waals surface area contributed by atoms with Gasteiger partial charge in [-0.2, -0.15) is 0 Å². The third kappa shape index (κ3) is 3.63. The maximum atomic E-state index is 6.42. The van der Waals surface area contributed by atoms with Crippen LogP contribution in [0.4, 0.5) is 0 Å². The topological polar surface area (TPSA) is 21.7 Å². The standard InChI is InChI=1S/C22H27NO2/c1-16-11-13-18(14-12-16)21-19(15-24-5)20(17-9-7-6-8-10-17)23(25-21)22(2,3)4/h6-14,20H,15H2,1-5H3. The van der Waals surface area contributed by atoms with Crippen LogP contribution < -0.4 is 0 Å². The van der Waals surface area contributed by atoms with Crippen LogP contribution >= 0.6 is 0 Å². The number of ether oxygens (including phenoxy) is 1. The van der Waals surface area contributed by atoms with Crippen LogP contribution in [-0.4, -0.2) is 24.3 Å². The molecule has 0 bridgehead atoms. The van der Waals surface area contributed by atoms with Crippen molar-refractivity contribution in [3.63, 3.8) is 0 Å². The van der Waals surface area contributed by atoms with Crippen molar-refractivity contribution < 1.29 is 9.57 Å². The zero-order chi connectivity index (χ0) is 18.0. The predicted octanol–water partition coefficient (Wildman–Crippen LogP) is 5.14. The van der Waals surface area contributed by atoms with E-state index >= 15 is 0 Å². The van der Waals surface area contributed by atoms with Crippen LogP contribution in [0.1, 0.15) is 43.5 Å². The van der Waals surface area contributed by atoms with E-state index in [0.717, 1.165) is 16.9 Å². The number of benzene rings is 2. The molecule has 0 saturated heterocycles. The average molecular weight is 337 g/mol. The molecule has 0 aromatic heterocycles.